The first-order valence-corrected chi connectivity index (χ1v) is 4.30. The lowest BCUT2D eigenvalue weighted by Gasteiger charge is -2.15. The van der Waals surface area contributed by atoms with Crippen LogP contribution in [0.2, 0.25) is 0 Å². The second-order valence-corrected chi connectivity index (χ2v) is 2.88. The van der Waals surface area contributed by atoms with Crippen LogP contribution in [0.1, 0.15) is 0 Å². The van der Waals surface area contributed by atoms with Gasteiger partial charge < -0.3 is 9.64 Å². The van der Waals surface area contributed by atoms with E-state index in [1.54, 1.807) is 18.0 Å². The van der Waals surface area contributed by atoms with E-state index in [4.69, 9.17) is 4.74 Å². The minimum atomic E-state index is -0.528. The van der Waals surface area contributed by atoms with Crippen molar-refractivity contribution in [3.63, 3.8) is 0 Å². The molecule has 0 amide bonds. The van der Waals surface area contributed by atoms with Gasteiger partial charge in [-0.25, -0.2) is 0 Å². The second kappa shape index (κ2) is 4.59. The van der Waals surface area contributed by atoms with Crippen LogP contribution in [0.5, 0.6) is 5.88 Å². The van der Waals surface area contributed by atoms with Gasteiger partial charge in [0, 0.05) is 19.7 Å². The molecule has 0 aromatic carbocycles. The molecule has 0 N–H and O–H groups in total. The van der Waals surface area contributed by atoms with Crippen molar-refractivity contribution >= 4 is 11.5 Å². The quantitative estimate of drug-likeness (QED) is 0.553. The number of aromatic nitrogens is 1. The molecule has 0 aliphatic heterocycles. The molecule has 1 heterocycles. The number of pyridine rings is 1. The lowest BCUT2D eigenvalue weighted by molar-refractivity contribution is -0.386. The predicted molar refractivity (Wildman–Crippen MR) is 56.1 cm³/mol. The summed E-state index contributed by atoms with van der Waals surface area (Å²) in [7, 11) is 3.14. The van der Waals surface area contributed by atoms with Crippen molar-refractivity contribution in [2.45, 2.75) is 0 Å². The van der Waals surface area contributed by atoms with Gasteiger partial charge in [-0.15, -0.1) is 0 Å². The first-order chi connectivity index (χ1) is 7.10. The average Bonchev–Trinajstić information content (AvgIpc) is 2.26. The first-order valence-electron chi connectivity index (χ1n) is 4.30. The van der Waals surface area contributed by atoms with Crippen LogP contribution in [0, 0.1) is 17.0 Å². The number of ether oxygens (including phenoxy) is 1. The molecule has 6 heteroatoms. The van der Waals surface area contributed by atoms with Crippen molar-refractivity contribution in [3.05, 3.63) is 29.2 Å². The highest BCUT2D eigenvalue weighted by Crippen LogP contribution is 2.26. The molecule has 0 saturated carbocycles. The molecule has 0 saturated heterocycles. The Morgan fingerprint density at radius 2 is 2.33 bits per heavy atom. The summed E-state index contributed by atoms with van der Waals surface area (Å²) in [4.78, 5) is 15.8. The van der Waals surface area contributed by atoms with Crippen LogP contribution in [-0.4, -0.2) is 30.6 Å². The predicted octanol–water partition coefficient (Wildman–Crippen LogP) is 1.27. The van der Waals surface area contributed by atoms with E-state index in [1.165, 1.54) is 13.2 Å². The Bertz CT molecular complexity index is 368. The maximum atomic E-state index is 10.6. The highest BCUT2D eigenvalue weighted by molar-refractivity contribution is 5.50. The highest BCUT2D eigenvalue weighted by Gasteiger charge is 2.17. The van der Waals surface area contributed by atoms with Gasteiger partial charge in [-0.2, -0.15) is 4.98 Å². The Balaban J connectivity index is 3.13. The fourth-order valence-electron chi connectivity index (χ4n) is 1.04. The monoisotopic (exact) mass is 210 g/mol. The molecule has 0 aliphatic carbocycles. The van der Waals surface area contributed by atoms with E-state index in [0.29, 0.717) is 12.4 Å². The Morgan fingerprint density at radius 1 is 1.67 bits per heavy atom. The van der Waals surface area contributed by atoms with Gasteiger partial charge in [-0.05, 0) is 13.0 Å². The molecule has 0 atom stereocenters. The third-order valence-electron chi connectivity index (χ3n) is 1.94. The Kier molecular flexibility index (Phi) is 3.43. The molecule has 15 heavy (non-hydrogen) atoms. The molecule has 6 nitrogen and oxygen atoms in total. The zero-order chi connectivity index (χ0) is 11.4. The smallest absolute Gasteiger partial charge is 0.331 e. The highest BCUT2D eigenvalue weighted by atomic mass is 16.6. The van der Waals surface area contributed by atoms with Gasteiger partial charge in [-0.3, -0.25) is 10.1 Å². The summed E-state index contributed by atoms with van der Waals surface area (Å²) in [5, 5.41) is 10.6. The van der Waals surface area contributed by atoms with E-state index in [9.17, 15) is 10.1 Å². The Morgan fingerprint density at radius 3 is 2.80 bits per heavy atom. The minimum absolute atomic E-state index is 0.0119. The number of hydrogen-bond donors (Lipinski definition) is 0. The van der Waals surface area contributed by atoms with Crippen molar-refractivity contribution in [2.24, 2.45) is 0 Å². The van der Waals surface area contributed by atoms with Crippen molar-refractivity contribution in [3.8, 4) is 5.88 Å². The van der Waals surface area contributed by atoms with Crippen molar-refractivity contribution in [2.75, 3.05) is 25.6 Å². The van der Waals surface area contributed by atoms with Crippen LogP contribution in [-0.2, 0) is 0 Å². The van der Waals surface area contributed by atoms with Crippen LogP contribution in [0.3, 0.4) is 0 Å². The number of rotatable bonds is 4. The van der Waals surface area contributed by atoms with Gasteiger partial charge in [0.05, 0.1) is 12.0 Å². The summed E-state index contributed by atoms with van der Waals surface area (Å²) in [5.74, 6) is 0.602. The first kappa shape index (κ1) is 11.2. The zero-order valence-electron chi connectivity index (χ0n) is 8.64. The molecule has 1 radical (unpaired) electrons. The second-order valence-electron chi connectivity index (χ2n) is 2.88. The molecule has 81 valence electrons. The molecule has 0 unspecified atom stereocenters. The van der Waals surface area contributed by atoms with E-state index >= 15 is 0 Å². The van der Waals surface area contributed by atoms with Crippen LogP contribution in [0.25, 0.3) is 0 Å². The van der Waals surface area contributed by atoms with Gasteiger partial charge in [0.1, 0.15) is 5.82 Å². The van der Waals surface area contributed by atoms with E-state index in [2.05, 4.69) is 11.9 Å². The number of methoxy groups -OCH3 is 1. The van der Waals surface area contributed by atoms with Gasteiger partial charge in [-0.1, -0.05) is 0 Å². The number of anilines is 1. The van der Waals surface area contributed by atoms with E-state index in [0.717, 1.165) is 0 Å². The summed E-state index contributed by atoms with van der Waals surface area (Å²) in [6, 6.07) is 2.93. The lowest BCUT2D eigenvalue weighted by Crippen LogP contribution is -2.17. The zero-order valence-corrected chi connectivity index (χ0v) is 8.64. The van der Waals surface area contributed by atoms with E-state index in [1.807, 2.05) is 0 Å². The molecular weight excluding hydrogens is 198 g/mol. The summed E-state index contributed by atoms with van der Waals surface area (Å²) in [5.41, 5.74) is -0.140. The molecule has 0 spiro atoms. The lowest BCUT2D eigenvalue weighted by atomic mass is 10.4. The van der Waals surface area contributed by atoms with E-state index in [-0.39, 0.29) is 11.6 Å². The van der Waals surface area contributed by atoms with Gasteiger partial charge in [0.15, 0.2) is 0 Å². The largest absolute Gasteiger partial charge is 0.476 e. The number of hydrogen-bond acceptors (Lipinski definition) is 5. The number of nitrogens with zero attached hydrogens (tertiary/aromatic N) is 3. The maximum Gasteiger partial charge on any atom is 0.331 e. The summed E-state index contributed by atoms with van der Waals surface area (Å²) < 4.78 is 4.84. The Hall–Kier alpha value is -1.85. The number of nitro groups is 1. The average molecular weight is 210 g/mol. The van der Waals surface area contributed by atoms with Crippen LogP contribution in [0.4, 0.5) is 11.5 Å². The van der Waals surface area contributed by atoms with Gasteiger partial charge in [0.2, 0.25) is 0 Å². The standard InChI is InChI=1S/C9H12N3O3/c1-4-11(2)8-6-5-7(12(13)14)9(10-8)15-3/h5-6H,1,4H2,2-3H3. The van der Waals surface area contributed by atoms with Crippen molar-refractivity contribution in [1.29, 1.82) is 0 Å². The molecule has 0 fully saturated rings. The molecular formula is C9H12N3O3. The van der Waals surface area contributed by atoms with Crippen LogP contribution >= 0.6 is 0 Å². The fraction of sp³-hybridized carbons (Fsp3) is 0.333. The fourth-order valence-corrected chi connectivity index (χ4v) is 1.04. The van der Waals surface area contributed by atoms with E-state index < -0.39 is 4.92 Å². The maximum absolute atomic E-state index is 10.6. The third-order valence-corrected chi connectivity index (χ3v) is 1.94. The van der Waals surface area contributed by atoms with Gasteiger partial charge in [0.25, 0.3) is 5.88 Å². The molecule has 0 aliphatic rings. The summed E-state index contributed by atoms with van der Waals surface area (Å²) >= 11 is 0. The Labute approximate surface area is 87.6 Å². The van der Waals surface area contributed by atoms with Crippen LogP contribution in [0.15, 0.2) is 12.1 Å². The summed E-state index contributed by atoms with van der Waals surface area (Å²) in [6.45, 7) is 4.21. The molecule has 1 rings (SSSR count). The molecule has 1 aromatic heterocycles. The third kappa shape index (κ3) is 2.34. The minimum Gasteiger partial charge on any atom is -0.476 e. The van der Waals surface area contributed by atoms with Gasteiger partial charge >= 0.3 is 5.69 Å². The topological polar surface area (TPSA) is 68.5 Å². The molecule has 1 aromatic rings. The van der Waals surface area contributed by atoms with Crippen LogP contribution < -0.4 is 9.64 Å². The molecule has 0 bridgehead atoms. The van der Waals surface area contributed by atoms with Crippen molar-refractivity contribution in [1.82, 2.24) is 4.98 Å². The SMILES string of the molecule is [CH2]CN(C)c1ccc([N+](=O)[O-])c(OC)n1. The summed E-state index contributed by atoms with van der Waals surface area (Å²) in [6.07, 6.45) is 0. The van der Waals surface area contributed by atoms with Crippen molar-refractivity contribution < 1.29 is 9.66 Å². The normalized spacial score (nSPS) is 9.80.